The highest BCUT2D eigenvalue weighted by atomic mass is 32.2. The molecule has 1 aromatic heterocycles. The van der Waals surface area contributed by atoms with E-state index in [1.54, 1.807) is 7.05 Å². The Morgan fingerprint density at radius 1 is 1.60 bits per heavy atom. The summed E-state index contributed by atoms with van der Waals surface area (Å²) in [6, 6.07) is 0.935. The van der Waals surface area contributed by atoms with Crippen LogP contribution in [-0.2, 0) is 9.84 Å². The van der Waals surface area contributed by atoms with E-state index in [1.165, 1.54) is 12.3 Å². The molecule has 0 aromatic carbocycles. The number of hydrogen-bond donors (Lipinski definition) is 1. The average molecular weight is 232 g/mol. The SMILES string of the molecule is CNC(CS(C)(=O)=O)c1ccncc1F. The molecule has 1 unspecified atom stereocenters. The van der Waals surface area contributed by atoms with Gasteiger partial charge in [0.25, 0.3) is 0 Å². The molecule has 0 spiro atoms. The summed E-state index contributed by atoms with van der Waals surface area (Å²) in [6.07, 6.45) is 3.63. The Morgan fingerprint density at radius 3 is 2.73 bits per heavy atom. The Morgan fingerprint density at radius 2 is 2.27 bits per heavy atom. The maximum absolute atomic E-state index is 13.3. The number of rotatable bonds is 4. The average Bonchev–Trinajstić information content (AvgIpc) is 2.14. The van der Waals surface area contributed by atoms with Crippen molar-refractivity contribution in [2.24, 2.45) is 0 Å². The number of aromatic nitrogens is 1. The normalized spacial score (nSPS) is 13.8. The minimum Gasteiger partial charge on any atom is -0.312 e. The van der Waals surface area contributed by atoms with Gasteiger partial charge in [-0.15, -0.1) is 0 Å². The molecule has 1 N–H and O–H groups in total. The maximum Gasteiger partial charge on any atom is 0.149 e. The van der Waals surface area contributed by atoms with Crippen molar-refractivity contribution in [2.75, 3.05) is 19.1 Å². The first-order chi connectivity index (χ1) is 6.94. The lowest BCUT2D eigenvalue weighted by atomic mass is 10.1. The summed E-state index contributed by atoms with van der Waals surface area (Å²) in [6.45, 7) is 0. The van der Waals surface area contributed by atoms with Gasteiger partial charge in [0.05, 0.1) is 11.9 Å². The topological polar surface area (TPSA) is 59.1 Å². The summed E-state index contributed by atoms with van der Waals surface area (Å²) in [5.74, 6) is -0.634. The van der Waals surface area contributed by atoms with Gasteiger partial charge in [0, 0.05) is 24.1 Å². The molecule has 0 amide bonds. The molecule has 0 radical (unpaired) electrons. The van der Waals surface area contributed by atoms with Crippen LogP contribution in [0.3, 0.4) is 0 Å². The van der Waals surface area contributed by atoms with Gasteiger partial charge in [-0.2, -0.15) is 0 Å². The second-order valence-corrected chi connectivity index (χ2v) is 5.52. The van der Waals surface area contributed by atoms with Crippen LogP contribution < -0.4 is 5.32 Å². The number of sulfone groups is 1. The van der Waals surface area contributed by atoms with E-state index in [1.807, 2.05) is 0 Å². The van der Waals surface area contributed by atoms with E-state index < -0.39 is 21.7 Å². The molecule has 1 aromatic rings. The van der Waals surface area contributed by atoms with Crippen LogP contribution in [0.4, 0.5) is 4.39 Å². The van der Waals surface area contributed by atoms with Gasteiger partial charge in [-0.3, -0.25) is 4.98 Å². The predicted octanol–water partition coefficient (Wildman–Crippen LogP) is 0.526. The number of hydrogen-bond acceptors (Lipinski definition) is 4. The van der Waals surface area contributed by atoms with Crippen molar-refractivity contribution in [3.05, 3.63) is 29.8 Å². The first kappa shape index (κ1) is 12.1. The van der Waals surface area contributed by atoms with Crippen LogP contribution in [0.2, 0.25) is 0 Å². The molecule has 1 atom stereocenters. The van der Waals surface area contributed by atoms with Gasteiger partial charge in [-0.05, 0) is 13.1 Å². The highest BCUT2D eigenvalue weighted by molar-refractivity contribution is 7.90. The molecule has 0 aliphatic rings. The second-order valence-electron chi connectivity index (χ2n) is 3.33. The molecule has 0 saturated heterocycles. The molecule has 1 heterocycles. The van der Waals surface area contributed by atoms with Crippen LogP contribution >= 0.6 is 0 Å². The second kappa shape index (κ2) is 4.67. The molecule has 15 heavy (non-hydrogen) atoms. The van der Waals surface area contributed by atoms with Gasteiger partial charge in [0.1, 0.15) is 15.7 Å². The minimum absolute atomic E-state index is 0.134. The highest BCUT2D eigenvalue weighted by Crippen LogP contribution is 2.16. The summed E-state index contributed by atoms with van der Waals surface area (Å²) in [7, 11) is -1.56. The van der Waals surface area contributed by atoms with Crippen molar-refractivity contribution in [3.8, 4) is 0 Å². The zero-order valence-corrected chi connectivity index (χ0v) is 9.38. The van der Waals surface area contributed by atoms with E-state index >= 15 is 0 Å². The standard InChI is InChI=1S/C9H13FN2O2S/c1-11-9(6-15(2,13)14)7-3-4-12-5-8(7)10/h3-5,9,11H,6H2,1-2H3. The molecule has 0 bridgehead atoms. The summed E-state index contributed by atoms with van der Waals surface area (Å²) < 4.78 is 35.5. The minimum atomic E-state index is -3.15. The van der Waals surface area contributed by atoms with E-state index in [2.05, 4.69) is 10.3 Å². The molecule has 0 saturated carbocycles. The Hall–Kier alpha value is -1.01. The smallest absolute Gasteiger partial charge is 0.149 e. The van der Waals surface area contributed by atoms with Crippen LogP contribution in [0.15, 0.2) is 18.5 Å². The monoisotopic (exact) mass is 232 g/mol. The van der Waals surface area contributed by atoms with Crippen LogP contribution in [0.5, 0.6) is 0 Å². The predicted molar refractivity (Wildman–Crippen MR) is 55.7 cm³/mol. The Balaban J connectivity index is 2.98. The highest BCUT2D eigenvalue weighted by Gasteiger charge is 2.18. The zero-order chi connectivity index (χ0) is 11.5. The maximum atomic E-state index is 13.3. The number of nitrogens with one attached hydrogen (secondary N) is 1. The van der Waals surface area contributed by atoms with Crippen LogP contribution in [0, 0.1) is 5.82 Å². The van der Waals surface area contributed by atoms with Crippen molar-refractivity contribution < 1.29 is 12.8 Å². The fourth-order valence-corrected chi connectivity index (χ4v) is 2.25. The van der Waals surface area contributed by atoms with E-state index in [0.29, 0.717) is 5.56 Å². The van der Waals surface area contributed by atoms with Gasteiger partial charge in [0.2, 0.25) is 0 Å². The lowest BCUT2D eigenvalue weighted by molar-refractivity contribution is 0.546. The lowest BCUT2D eigenvalue weighted by Crippen LogP contribution is -2.25. The van der Waals surface area contributed by atoms with Crippen molar-refractivity contribution >= 4 is 9.84 Å². The number of nitrogens with zero attached hydrogens (tertiary/aromatic N) is 1. The first-order valence-corrected chi connectivity index (χ1v) is 6.44. The molecule has 0 aliphatic carbocycles. The van der Waals surface area contributed by atoms with Crippen molar-refractivity contribution in [3.63, 3.8) is 0 Å². The number of pyridine rings is 1. The van der Waals surface area contributed by atoms with Crippen molar-refractivity contribution in [1.82, 2.24) is 10.3 Å². The fraction of sp³-hybridized carbons (Fsp3) is 0.444. The van der Waals surface area contributed by atoms with Gasteiger partial charge in [-0.1, -0.05) is 0 Å². The molecular formula is C9H13FN2O2S. The van der Waals surface area contributed by atoms with E-state index in [-0.39, 0.29) is 5.75 Å². The third kappa shape index (κ3) is 3.56. The third-order valence-electron chi connectivity index (χ3n) is 2.00. The zero-order valence-electron chi connectivity index (χ0n) is 8.57. The first-order valence-electron chi connectivity index (χ1n) is 4.38. The largest absolute Gasteiger partial charge is 0.312 e. The van der Waals surface area contributed by atoms with Crippen LogP contribution in [0.25, 0.3) is 0 Å². The fourth-order valence-electron chi connectivity index (χ4n) is 1.30. The van der Waals surface area contributed by atoms with Crippen molar-refractivity contribution in [1.29, 1.82) is 0 Å². The van der Waals surface area contributed by atoms with E-state index in [4.69, 9.17) is 0 Å². The number of halogens is 1. The van der Waals surface area contributed by atoms with Crippen molar-refractivity contribution in [2.45, 2.75) is 6.04 Å². The van der Waals surface area contributed by atoms with E-state index in [9.17, 15) is 12.8 Å². The molecule has 1 rings (SSSR count). The molecule has 4 nitrogen and oxygen atoms in total. The summed E-state index contributed by atoms with van der Waals surface area (Å²) in [5, 5.41) is 2.77. The quantitative estimate of drug-likeness (QED) is 0.822. The Labute approximate surface area is 88.5 Å². The molecule has 84 valence electrons. The molecular weight excluding hydrogens is 219 g/mol. The van der Waals surface area contributed by atoms with Crippen LogP contribution in [0.1, 0.15) is 11.6 Å². The summed E-state index contributed by atoms with van der Waals surface area (Å²) in [4.78, 5) is 3.61. The molecule has 0 aliphatic heterocycles. The molecule has 0 fully saturated rings. The van der Waals surface area contributed by atoms with Gasteiger partial charge >= 0.3 is 0 Å². The van der Waals surface area contributed by atoms with Gasteiger partial charge in [-0.25, -0.2) is 12.8 Å². The van der Waals surface area contributed by atoms with Gasteiger partial charge in [0.15, 0.2) is 0 Å². The van der Waals surface area contributed by atoms with Gasteiger partial charge < -0.3 is 5.32 Å². The Kier molecular flexibility index (Phi) is 3.76. The lowest BCUT2D eigenvalue weighted by Gasteiger charge is -2.15. The van der Waals surface area contributed by atoms with E-state index in [0.717, 1.165) is 12.5 Å². The molecule has 6 heteroatoms. The summed E-state index contributed by atoms with van der Waals surface area (Å²) in [5.41, 5.74) is 0.318. The third-order valence-corrected chi connectivity index (χ3v) is 2.94. The Bertz CT molecular complexity index is 433. The summed E-state index contributed by atoms with van der Waals surface area (Å²) >= 11 is 0. The van der Waals surface area contributed by atoms with Crippen LogP contribution in [-0.4, -0.2) is 32.5 Å².